The third-order valence-electron chi connectivity index (χ3n) is 5.73. The van der Waals surface area contributed by atoms with E-state index in [1.165, 1.54) is 5.56 Å². The molecule has 1 aliphatic carbocycles. The second kappa shape index (κ2) is 6.75. The van der Waals surface area contributed by atoms with Crippen LogP contribution in [-0.4, -0.2) is 32.9 Å². The molecule has 0 aromatic carbocycles. The second-order valence-electron chi connectivity index (χ2n) is 7.51. The number of hydrogen-bond acceptors (Lipinski definition) is 5. The first kappa shape index (κ1) is 16.5. The quantitative estimate of drug-likeness (QED) is 0.853. The number of aromatic nitrogens is 3. The zero-order valence-corrected chi connectivity index (χ0v) is 15.1. The fraction of sp³-hybridized carbons (Fsp3) is 0.632. The van der Waals surface area contributed by atoms with Gasteiger partial charge in [0.05, 0.1) is 11.4 Å². The molecule has 6 nitrogen and oxygen atoms in total. The lowest BCUT2D eigenvalue weighted by atomic mass is 9.96. The van der Waals surface area contributed by atoms with Crippen LogP contribution in [0.25, 0.3) is 0 Å². The number of hydrogen-bond donors (Lipinski definition) is 0. The summed E-state index contributed by atoms with van der Waals surface area (Å²) < 4.78 is 6.97. The van der Waals surface area contributed by atoms with Crippen molar-refractivity contribution in [3.8, 4) is 0 Å². The summed E-state index contributed by atoms with van der Waals surface area (Å²) in [5, 5.41) is 8.66. The van der Waals surface area contributed by atoms with Gasteiger partial charge in [-0.1, -0.05) is 5.16 Å². The van der Waals surface area contributed by atoms with Crippen molar-refractivity contribution in [2.75, 3.05) is 13.1 Å². The second-order valence-corrected chi connectivity index (χ2v) is 7.51. The Hall–Kier alpha value is -1.95. The average molecular weight is 342 g/mol. The van der Waals surface area contributed by atoms with Crippen LogP contribution < -0.4 is 5.56 Å². The van der Waals surface area contributed by atoms with Gasteiger partial charge in [0.25, 0.3) is 5.56 Å². The number of fused-ring (bicyclic) bond motifs is 1. The predicted octanol–water partition coefficient (Wildman–Crippen LogP) is 2.25. The molecule has 2 aromatic rings. The van der Waals surface area contributed by atoms with Crippen LogP contribution in [0.5, 0.6) is 0 Å². The smallest absolute Gasteiger partial charge is 0.267 e. The molecule has 0 unspecified atom stereocenters. The molecule has 2 aliphatic rings. The molecule has 4 rings (SSSR count). The number of aryl methyl sites for hydroxylation is 4. The maximum absolute atomic E-state index is 12.3. The molecule has 134 valence electrons. The first-order valence-corrected chi connectivity index (χ1v) is 9.34. The summed E-state index contributed by atoms with van der Waals surface area (Å²) in [6.07, 6.45) is 5.37. The van der Waals surface area contributed by atoms with Gasteiger partial charge < -0.3 is 4.52 Å². The molecule has 0 bridgehead atoms. The Labute approximate surface area is 147 Å². The molecule has 1 aliphatic heterocycles. The average Bonchev–Trinajstić information content (AvgIpc) is 3.17. The Balaban J connectivity index is 1.36. The fourth-order valence-corrected chi connectivity index (χ4v) is 4.09. The van der Waals surface area contributed by atoms with E-state index < -0.39 is 0 Å². The van der Waals surface area contributed by atoms with Crippen molar-refractivity contribution in [1.82, 2.24) is 19.8 Å². The standard InChI is InChI=1S/C19H26N4O2/c1-13-17(14(2)25-21-13)12-22-8-6-15(7-9-22)11-23-19(24)10-16-4-3-5-18(16)20-23/h10,15H,3-9,11-12H2,1-2H3. The Morgan fingerprint density at radius 2 is 2.04 bits per heavy atom. The normalized spacial score (nSPS) is 18.6. The number of piperidine rings is 1. The van der Waals surface area contributed by atoms with Gasteiger partial charge in [-0.2, -0.15) is 5.10 Å². The molecular formula is C19H26N4O2. The summed E-state index contributed by atoms with van der Waals surface area (Å²) in [4.78, 5) is 14.7. The predicted molar refractivity (Wildman–Crippen MR) is 94.5 cm³/mol. The number of nitrogens with zero attached hydrogens (tertiary/aromatic N) is 4. The molecule has 1 saturated heterocycles. The lowest BCUT2D eigenvalue weighted by Gasteiger charge is -2.31. The lowest BCUT2D eigenvalue weighted by Crippen LogP contribution is -2.36. The third kappa shape index (κ3) is 3.40. The van der Waals surface area contributed by atoms with Crippen LogP contribution in [0.15, 0.2) is 15.4 Å². The van der Waals surface area contributed by atoms with Crippen molar-refractivity contribution in [2.45, 2.75) is 59.0 Å². The zero-order valence-electron chi connectivity index (χ0n) is 15.1. The molecule has 3 heterocycles. The van der Waals surface area contributed by atoms with Crippen LogP contribution in [0.1, 0.15) is 47.5 Å². The number of likely N-dealkylation sites (tertiary alicyclic amines) is 1. The summed E-state index contributed by atoms with van der Waals surface area (Å²) in [6, 6.07) is 1.81. The maximum atomic E-state index is 12.3. The van der Waals surface area contributed by atoms with Crippen LogP contribution >= 0.6 is 0 Å². The van der Waals surface area contributed by atoms with Crippen LogP contribution in [0.4, 0.5) is 0 Å². The minimum Gasteiger partial charge on any atom is -0.361 e. The van der Waals surface area contributed by atoms with Crippen molar-refractivity contribution < 1.29 is 4.52 Å². The molecule has 0 atom stereocenters. The number of rotatable bonds is 4. The summed E-state index contributed by atoms with van der Waals surface area (Å²) in [5.41, 5.74) is 4.58. The first-order valence-electron chi connectivity index (χ1n) is 9.34. The van der Waals surface area contributed by atoms with Gasteiger partial charge in [0, 0.05) is 24.7 Å². The van der Waals surface area contributed by atoms with Gasteiger partial charge in [0.1, 0.15) is 5.76 Å². The van der Waals surface area contributed by atoms with Crippen LogP contribution in [0, 0.1) is 19.8 Å². The van der Waals surface area contributed by atoms with Crippen molar-refractivity contribution in [1.29, 1.82) is 0 Å². The molecule has 6 heteroatoms. The summed E-state index contributed by atoms with van der Waals surface area (Å²) >= 11 is 0. The van der Waals surface area contributed by atoms with E-state index in [0.717, 1.165) is 81.0 Å². The molecule has 0 saturated carbocycles. The Bertz CT molecular complexity index is 796. The SMILES string of the molecule is Cc1noc(C)c1CN1CCC(Cn2nc3c(cc2=O)CCC3)CC1. The first-order chi connectivity index (χ1) is 12.1. The van der Waals surface area contributed by atoms with E-state index in [0.29, 0.717) is 5.92 Å². The van der Waals surface area contributed by atoms with E-state index in [9.17, 15) is 4.79 Å². The Kier molecular flexibility index (Phi) is 4.46. The van der Waals surface area contributed by atoms with E-state index in [-0.39, 0.29) is 5.56 Å². The largest absolute Gasteiger partial charge is 0.361 e. The molecule has 1 fully saturated rings. The Morgan fingerprint density at radius 1 is 1.24 bits per heavy atom. The monoisotopic (exact) mass is 342 g/mol. The van der Waals surface area contributed by atoms with E-state index in [4.69, 9.17) is 4.52 Å². The van der Waals surface area contributed by atoms with Crippen LogP contribution in [0.2, 0.25) is 0 Å². The highest BCUT2D eigenvalue weighted by Crippen LogP contribution is 2.23. The fourth-order valence-electron chi connectivity index (χ4n) is 4.09. The van der Waals surface area contributed by atoms with Crippen molar-refractivity contribution in [3.05, 3.63) is 44.7 Å². The molecule has 2 aromatic heterocycles. The van der Waals surface area contributed by atoms with Crippen molar-refractivity contribution in [2.24, 2.45) is 5.92 Å². The topological polar surface area (TPSA) is 64.2 Å². The molecule has 0 spiro atoms. The summed E-state index contributed by atoms with van der Waals surface area (Å²) in [7, 11) is 0. The minimum absolute atomic E-state index is 0.0683. The van der Waals surface area contributed by atoms with Crippen molar-refractivity contribution in [3.63, 3.8) is 0 Å². The van der Waals surface area contributed by atoms with Gasteiger partial charge in [-0.25, -0.2) is 4.68 Å². The van der Waals surface area contributed by atoms with Gasteiger partial charge in [0.2, 0.25) is 0 Å². The van der Waals surface area contributed by atoms with Crippen molar-refractivity contribution >= 4 is 0 Å². The van der Waals surface area contributed by atoms with Gasteiger partial charge in [0.15, 0.2) is 0 Å². The van der Waals surface area contributed by atoms with Gasteiger partial charge in [-0.15, -0.1) is 0 Å². The molecule has 0 amide bonds. The highest BCUT2D eigenvalue weighted by atomic mass is 16.5. The summed E-state index contributed by atoms with van der Waals surface area (Å²) in [6.45, 7) is 7.75. The maximum Gasteiger partial charge on any atom is 0.267 e. The highest BCUT2D eigenvalue weighted by Gasteiger charge is 2.23. The molecule has 0 N–H and O–H groups in total. The van der Waals surface area contributed by atoms with E-state index >= 15 is 0 Å². The van der Waals surface area contributed by atoms with Crippen LogP contribution in [0.3, 0.4) is 0 Å². The molecular weight excluding hydrogens is 316 g/mol. The molecule has 0 radical (unpaired) electrons. The lowest BCUT2D eigenvalue weighted by molar-refractivity contribution is 0.162. The van der Waals surface area contributed by atoms with E-state index in [1.54, 1.807) is 4.68 Å². The van der Waals surface area contributed by atoms with Gasteiger partial charge >= 0.3 is 0 Å². The van der Waals surface area contributed by atoms with Crippen LogP contribution in [-0.2, 0) is 25.9 Å². The summed E-state index contributed by atoms with van der Waals surface area (Å²) in [5.74, 6) is 1.46. The van der Waals surface area contributed by atoms with E-state index in [2.05, 4.69) is 15.2 Å². The minimum atomic E-state index is 0.0683. The Morgan fingerprint density at radius 3 is 2.76 bits per heavy atom. The zero-order chi connectivity index (χ0) is 17.4. The van der Waals surface area contributed by atoms with Gasteiger partial charge in [-0.05, 0) is 70.5 Å². The third-order valence-corrected chi connectivity index (χ3v) is 5.73. The highest BCUT2D eigenvalue weighted by molar-refractivity contribution is 5.22. The van der Waals surface area contributed by atoms with E-state index in [1.807, 2.05) is 19.9 Å². The molecule has 25 heavy (non-hydrogen) atoms. The van der Waals surface area contributed by atoms with Gasteiger partial charge in [-0.3, -0.25) is 9.69 Å².